The zero-order valence-corrected chi connectivity index (χ0v) is 19.3. The molecular formula is C27H50O. The number of allylic oxidation sites excluding steroid dienone is 2. The lowest BCUT2D eigenvalue weighted by Crippen LogP contribution is -2.02. The van der Waals surface area contributed by atoms with Crippen LogP contribution in [-0.4, -0.2) is 11.2 Å². The zero-order chi connectivity index (χ0) is 20.5. The molecule has 0 saturated carbocycles. The molecular weight excluding hydrogens is 340 g/mol. The molecule has 1 atom stereocenters. The van der Waals surface area contributed by atoms with E-state index in [1.165, 1.54) is 109 Å². The maximum atomic E-state index is 9.91. The Bertz CT molecular complexity index is 373. The minimum absolute atomic E-state index is 0.402. The van der Waals surface area contributed by atoms with Crippen LogP contribution in [0, 0.1) is 11.8 Å². The van der Waals surface area contributed by atoms with Gasteiger partial charge in [0.25, 0.3) is 0 Å². The van der Waals surface area contributed by atoms with Crippen molar-refractivity contribution in [1.82, 2.24) is 0 Å². The molecule has 1 N–H and O–H groups in total. The summed E-state index contributed by atoms with van der Waals surface area (Å²) in [5.74, 6) is 6.18. The molecule has 0 fully saturated rings. The van der Waals surface area contributed by atoms with Crippen molar-refractivity contribution in [1.29, 1.82) is 0 Å². The third-order valence-electron chi connectivity index (χ3n) is 5.41. The topological polar surface area (TPSA) is 20.2 Å². The molecule has 0 bridgehead atoms. The molecule has 0 aliphatic rings. The number of hydrogen-bond acceptors (Lipinski definition) is 1. The summed E-state index contributed by atoms with van der Waals surface area (Å²) in [4.78, 5) is 0. The van der Waals surface area contributed by atoms with Crippen LogP contribution in [0.2, 0.25) is 0 Å². The van der Waals surface area contributed by atoms with Crippen LogP contribution in [0.4, 0.5) is 0 Å². The molecule has 0 aliphatic carbocycles. The van der Waals surface area contributed by atoms with Crippen molar-refractivity contribution < 1.29 is 5.11 Å². The van der Waals surface area contributed by atoms with Gasteiger partial charge in [-0.25, -0.2) is 0 Å². The molecule has 0 aromatic rings. The Morgan fingerprint density at radius 3 is 1.64 bits per heavy atom. The van der Waals surface area contributed by atoms with Crippen LogP contribution in [0.3, 0.4) is 0 Å². The molecule has 1 heteroatoms. The van der Waals surface area contributed by atoms with E-state index in [0.29, 0.717) is 0 Å². The Hall–Kier alpha value is -0.740. The highest BCUT2D eigenvalue weighted by atomic mass is 16.3. The van der Waals surface area contributed by atoms with E-state index in [-0.39, 0.29) is 0 Å². The maximum absolute atomic E-state index is 9.91. The van der Waals surface area contributed by atoms with Gasteiger partial charge in [-0.1, -0.05) is 109 Å². The molecule has 1 unspecified atom stereocenters. The molecule has 1 nitrogen and oxygen atoms in total. The normalized spacial score (nSPS) is 12.2. The summed E-state index contributed by atoms with van der Waals surface area (Å²) in [6.45, 7) is 4.52. The molecule has 0 aliphatic heterocycles. The summed E-state index contributed by atoms with van der Waals surface area (Å²) < 4.78 is 0. The maximum Gasteiger partial charge on any atom is 0.114 e. The molecule has 0 spiro atoms. The number of unbranched alkanes of at least 4 members (excludes halogenated alkanes) is 16. The van der Waals surface area contributed by atoms with Crippen LogP contribution >= 0.6 is 0 Å². The third-order valence-corrected chi connectivity index (χ3v) is 5.41. The van der Waals surface area contributed by atoms with Gasteiger partial charge in [-0.3, -0.25) is 0 Å². The Kier molecular flexibility index (Phi) is 23.7. The molecule has 164 valence electrons. The lowest BCUT2D eigenvalue weighted by molar-refractivity contribution is 0.217. The zero-order valence-electron chi connectivity index (χ0n) is 19.3. The average molecular weight is 391 g/mol. The fourth-order valence-electron chi connectivity index (χ4n) is 3.49. The van der Waals surface area contributed by atoms with E-state index in [9.17, 15) is 5.11 Å². The van der Waals surface area contributed by atoms with Gasteiger partial charge in [0.15, 0.2) is 0 Å². The molecule has 0 rings (SSSR count). The summed E-state index contributed by atoms with van der Waals surface area (Å²) in [7, 11) is 0. The number of rotatable bonds is 20. The molecule has 0 radical (unpaired) electrons. The predicted octanol–water partition coefficient (Wildman–Crippen LogP) is 8.75. The van der Waals surface area contributed by atoms with Crippen molar-refractivity contribution in [2.75, 3.05) is 0 Å². The highest BCUT2D eigenvalue weighted by molar-refractivity contribution is 5.04. The summed E-state index contributed by atoms with van der Waals surface area (Å²) in [5.41, 5.74) is 0. The van der Waals surface area contributed by atoms with Gasteiger partial charge in [-0.2, -0.15) is 0 Å². The second-order valence-electron chi connectivity index (χ2n) is 8.37. The minimum atomic E-state index is -0.402. The average Bonchev–Trinajstić information content (AvgIpc) is 2.70. The van der Waals surface area contributed by atoms with E-state index in [2.05, 4.69) is 37.8 Å². The summed E-state index contributed by atoms with van der Waals surface area (Å²) >= 11 is 0. The van der Waals surface area contributed by atoms with Crippen LogP contribution in [-0.2, 0) is 0 Å². The first-order chi connectivity index (χ1) is 13.8. The Balaban J connectivity index is 3.28. The highest BCUT2D eigenvalue weighted by Gasteiger charge is 1.98. The molecule has 0 saturated heterocycles. The van der Waals surface area contributed by atoms with Gasteiger partial charge in [0.05, 0.1) is 0 Å². The van der Waals surface area contributed by atoms with E-state index in [1.807, 2.05) is 0 Å². The first-order valence-electron chi connectivity index (χ1n) is 12.6. The van der Waals surface area contributed by atoms with E-state index in [0.717, 1.165) is 19.3 Å². The third kappa shape index (κ3) is 23.3. The van der Waals surface area contributed by atoms with Crippen LogP contribution < -0.4 is 0 Å². The molecule has 0 amide bonds. The Morgan fingerprint density at radius 1 is 0.607 bits per heavy atom. The molecule has 0 heterocycles. The standard InChI is InChI=1S/C27H50O/c1-3-5-7-9-11-12-13-14-15-16-17-18-20-22-24-26-27(28)25-23-21-19-10-8-6-4-2/h14-15,27-28H,3-13,16-22,24,26H2,1-2H3/b15-14+. The summed E-state index contributed by atoms with van der Waals surface area (Å²) in [6, 6.07) is 0. The molecule has 0 aromatic heterocycles. The Labute approximate surface area is 177 Å². The first kappa shape index (κ1) is 27.3. The first-order valence-corrected chi connectivity index (χ1v) is 12.6. The summed E-state index contributed by atoms with van der Waals surface area (Å²) in [6.07, 6.45) is 29.7. The van der Waals surface area contributed by atoms with E-state index < -0.39 is 6.10 Å². The van der Waals surface area contributed by atoms with E-state index >= 15 is 0 Å². The second-order valence-corrected chi connectivity index (χ2v) is 8.37. The highest BCUT2D eigenvalue weighted by Crippen LogP contribution is 2.11. The number of aliphatic hydroxyl groups is 1. The van der Waals surface area contributed by atoms with Crippen LogP contribution in [0.1, 0.15) is 142 Å². The van der Waals surface area contributed by atoms with Gasteiger partial charge in [0.1, 0.15) is 6.10 Å². The molecule has 0 aromatic carbocycles. The van der Waals surface area contributed by atoms with E-state index in [1.54, 1.807) is 0 Å². The van der Waals surface area contributed by atoms with Crippen molar-refractivity contribution in [2.24, 2.45) is 0 Å². The SMILES string of the molecule is CCCCCCCC#CC(O)CCCCCCC/C=C/CCCCCCCC. The van der Waals surface area contributed by atoms with Crippen molar-refractivity contribution in [2.45, 2.75) is 148 Å². The Morgan fingerprint density at radius 2 is 1.07 bits per heavy atom. The lowest BCUT2D eigenvalue weighted by atomic mass is 10.1. The quantitative estimate of drug-likeness (QED) is 0.125. The fourth-order valence-corrected chi connectivity index (χ4v) is 3.49. The van der Waals surface area contributed by atoms with Gasteiger partial charge < -0.3 is 5.11 Å². The van der Waals surface area contributed by atoms with Crippen molar-refractivity contribution in [3.8, 4) is 11.8 Å². The largest absolute Gasteiger partial charge is 0.380 e. The van der Waals surface area contributed by atoms with Crippen molar-refractivity contribution >= 4 is 0 Å². The van der Waals surface area contributed by atoms with Crippen molar-refractivity contribution in [3.63, 3.8) is 0 Å². The smallest absolute Gasteiger partial charge is 0.114 e. The summed E-state index contributed by atoms with van der Waals surface area (Å²) in [5, 5.41) is 9.91. The minimum Gasteiger partial charge on any atom is -0.380 e. The van der Waals surface area contributed by atoms with Gasteiger partial charge in [0.2, 0.25) is 0 Å². The van der Waals surface area contributed by atoms with Crippen molar-refractivity contribution in [3.05, 3.63) is 12.2 Å². The van der Waals surface area contributed by atoms with Gasteiger partial charge in [0, 0.05) is 6.42 Å². The van der Waals surface area contributed by atoms with Gasteiger partial charge >= 0.3 is 0 Å². The predicted molar refractivity (Wildman–Crippen MR) is 127 cm³/mol. The van der Waals surface area contributed by atoms with Crippen LogP contribution in [0.25, 0.3) is 0 Å². The lowest BCUT2D eigenvalue weighted by Gasteiger charge is -2.03. The molecule has 28 heavy (non-hydrogen) atoms. The number of aliphatic hydroxyl groups excluding tert-OH is 1. The van der Waals surface area contributed by atoms with Crippen LogP contribution in [0.15, 0.2) is 12.2 Å². The second kappa shape index (κ2) is 24.3. The monoisotopic (exact) mass is 390 g/mol. The van der Waals surface area contributed by atoms with Gasteiger partial charge in [-0.05, 0) is 44.9 Å². The fraction of sp³-hybridized carbons (Fsp3) is 0.852. The van der Waals surface area contributed by atoms with Crippen LogP contribution in [0.5, 0.6) is 0 Å². The van der Waals surface area contributed by atoms with E-state index in [4.69, 9.17) is 0 Å². The van der Waals surface area contributed by atoms with Gasteiger partial charge in [-0.15, -0.1) is 5.92 Å². The number of hydrogen-bond donors (Lipinski definition) is 1.